The highest BCUT2D eigenvalue weighted by Gasteiger charge is 2.20. The lowest BCUT2D eigenvalue weighted by Crippen LogP contribution is -2.46. The van der Waals surface area contributed by atoms with Gasteiger partial charge in [0.15, 0.2) is 0 Å². The molecule has 2 rings (SSSR count). The Hall–Kier alpha value is -0.900. The molecule has 1 fully saturated rings. The Morgan fingerprint density at radius 1 is 1.24 bits per heavy atom. The van der Waals surface area contributed by atoms with Crippen LogP contribution in [0, 0.1) is 0 Å². The van der Waals surface area contributed by atoms with Crippen molar-refractivity contribution >= 4 is 0 Å². The second-order valence-corrected chi connectivity index (χ2v) is 4.58. The van der Waals surface area contributed by atoms with E-state index in [0.29, 0.717) is 0 Å². The minimum absolute atomic E-state index is 0.156. The van der Waals surface area contributed by atoms with Crippen molar-refractivity contribution in [3.63, 3.8) is 0 Å². The molecule has 0 aromatic heterocycles. The highest BCUT2D eigenvalue weighted by molar-refractivity contribution is 5.25. The fourth-order valence-corrected chi connectivity index (χ4v) is 2.40. The third-order valence-corrected chi connectivity index (χ3v) is 3.54. The highest BCUT2D eigenvalue weighted by atomic mass is 16.3. The smallest absolute Gasteiger partial charge is 0.0628 e. The number of hydrogen-bond acceptors (Lipinski definition) is 3. The Morgan fingerprint density at radius 2 is 1.88 bits per heavy atom. The second-order valence-electron chi connectivity index (χ2n) is 4.58. The van der Waals surface area contributed by atoms with Gasteiger partial charge in [0, 0.05) is 26.2 Å². The molecule has 3 heteroatoms. The Bertz CT molecular complexity index is 331. The van der Waals surface area contributed by atoms with Crippen LogP contribution < -0.4 is 5.32 Å². The average Bonchev–Trinajstić information content (AvgIpc) is 2.42. The first-order chi connectivity index (χ1) is 8.35. The second kappa shape index (κ2) is 6.15. The molecule has 17 heavy (non-hydrogen) atoms. The van der Waals surface area contributed by atoms with Crippen LogP contribution in [0.25, 0.3) is 0 Å². The van der Waals surface area contributed by atoms with Crippen LogP contribution in [-0.2, 0) is 6.42 Å². The molecule has 1 aromatic rings. The molecular weight excluding hydrogens is 212 g/mol. The molecule has 1 aliphatic heterocycles. The van der Waals surface area contributed by atoms with Crippen LogP contribution >= 0.6 is 0 Å². The van der Waals surface area contributed by atoms with Gasteiger partial charge in [0.25, 0.3) is 0 Å². The lowest BCUT2D eigenvalue weighted by Gasteiger charge is -2.34. The van der Waals surface area contributed by atoms with Gasteiger partial charge in [0.2, 0.25) is 0 Å². The minimum Gasteiger partial charge on any atom is -0.394 e. The lowest BCUT2D eigenvalue weighted by molar-refractivity contribution is 0.111. The lowest BCUT2D eigenvalue weighted by atomic mass is 10.0. The molecule has 0 amide bonds. The summed E-state index contributed by atoms with van der Waals surface area (Å²) < 4.78 is 0. The maximum absolute atomic E-state index is 9.60. The predicted molar refractivity (Wildman–Crippen MR) is 70.1 cm³/mol. The normalized spacial score (nSPS) is 19.2. The summed E-state index contributed by atoms with van der Waals surface area (Å²) in [6.07, 6.45) is 1.07. The topological polar surface area (TPSA) is 35.5 Å². The Morgan fingerprint density at radius 3 is 2.41 bits per heavy atom. The van der Waals surface area contributed by atoms with Crippen molar-refractivity contribution < 1.29 is 5.11 Å². The van der Waals surface area contributed by atoms with Crippen LogP contribution in [0.2, 0.25) is 0 Å². The maximum atomic E-state index is 9.60. The zero-order chi connectivity index (χ0) is 12.1. The first-order valence-corrected chi connectivity index (χ1v) is 6.49. The third-order valence-electron chi connectivity index (χ3n) is 3.54. The van der Waals surface area contributed by atoms with Crippen LogP contribution in [0.4, 0.5) is 0 Å². The molecule has 1 aliphatic rings. The van der Waals surface area contributed by atoms with E-state index in [9.17, 15) is 5.11 Å². The summed E-state index contributed by atoms with van der Waals surface area (Å²) in [4.78, 5) is 2.36. The van der Waals surface area contributed by atoms with Gasteiger partial charge in [-0.25, -0.2) is 0 Å². The van der Waals surface area contributed by atoms with Crippen molar-refractivity contribution in [2.24, 2.45) is 0 Å². The zero-order valence-corrected chi connectivity index (χ0v) is 10.5. The molecule has 1 saturated heterocycles. The van der Waals surface area contributed by atoms with Crippen molar-refractivity contribution in [1.82, 2.24) is 10.2 Å². The van der Waals surface area contributed by atoms with Crippen LogP contribution in [-0.4, -0.2) is 42.8 Å². The largest absolute Gasteiger partial charge is 0.394 e. The number of nitrogens with one attached hydrogen (secondary N) is 1. The Labute approximate surface area is 103 Å². The number of nitrogens with zero attached hydrogens (tertiary/aromatic N) is 1. The van der Waals surface area contributed by atoms with Crippen molar-refractivity contribution in [2.45, 2.75) is 19.4 Å². The van der Waals surface area contributed by atoms with Crippen LogP contribution in [0.3, 0.4) is 0 Å². The SMILES string of the molecule is CCc1ccc(C(CO)N2CCNCC2)cc1. The number of benzene rings is 1. The Kier molecular flexibility index (Phi) is 4.54. The van der Waals surface area contributed by atoms with Gasteiger partial charge in [-0.05, 0) is 17.5 Å². The highest BCUT2D eigenvalue weighted by Crippen LogP contribution is 2.21. The molecule has 3 nitrogen and oxygen atoms in total. The summed E-state index contributed by atoms with van der Waals surface area (Å²) in [6, 6.07) is 8.80. The van der Waals surface area contributed by atoms with Crippen molar-refractivity contribution in [3.05, 3.63) is 35.4 Å². The van der Waals surface area contributed by atoms with E-state index in [-0.39, 0.29) is 12.6 Å². The predicted octanol–water partition coefficient (Wildman–Crippen LogP) is 1.19. The molecule has 2 N–H and O–H groups in total. The average molecular weight is 234 g/mol. The first kappa shape index (κ1) is 12.6. The van der Waals surface area contributed by atoms with E-state index >= 15 is 0 Å². The fraction of sp³-hybridized carbons (Fsp3) is 0.571. The van der Waals surface area contributed by atoms with Crippen molar-refractivity contribution in [3.8, 4) is 0 Å². The summed E-state index contributed by atoms with van der Waals surface area (Å²) >= 11 is 0. The van der Waals surface area contributed by atoms with Crippen molar-refractivity contribution in [2.75, 3.05) is 32.8 Å². The van der Waals surface area contributed by atoms with Gasteiger partial charge in [0.1, 0.15) is 0 Å². The van der Waals surface area contributed by atoms with Gasteiger partial charge in [-0.1, -0.05) is 31.2 Å². The summed E-state index contributed by atoms with van der Waals surface area (Å²) in [5.74, 6) is 0. The van der Waals surface area contributed by atoms with E-state index in [1.807, 2.05) is 0 Å². The molecule has 0 spiro atoms. The first-order valence-electron chi connectivity index (χ1n) is 6.49. The number of aryl methyl sites for hydroxylation is 1. The molecule has 1 aromatic carbocycles. The van der Waals surface area contributed by atoms with Gasteiger partial charge >= 0.3 is 0 Å². The zero-order valence-electron chi connectivity index (χ0n) is 10.5. The summed E-state index contributed by atoms with van der Waals surface area (Å²) in [5, 5.41) is 12.9. The minimum atomic E-state index is 0.156. The van der Waals surface area contributed by atoms with Gasteiger partial charge in [0.05, 0.1) is 12.6 Å². The van der Waals surface area contributed by atoms with Crippen LogP contribution in [0.1, 0.15) is 24.1 Å². The molecule has 94 valence electrons. The quantitative estimate of drug-likeness (QED) is 0.821. The molecule has 1 unspecified atom stereocenters. The number of hydrogen-bond donors (Lipinski definition) is 2. The van der Waals surface area contributed by atoms with Gasteiger partial charge in [-0.2, -0.15) is 0 Å². The molecular formula is C14H22N2O. The number of aliphatic hydroxyl groups excluding tert-OH is 1. The molecule has 1 heterocycles. The van der Waals surface area contributed by atoms with E-state index in [1.165, 1.54) is 11.1 Å². The van der Waals surface area contributed by atoms with Crippen molar-refractivity contribution in [1.29, 1.82) is 0 Å². The van der Waals surface area contributed by atoms with Crippen LogP contribution in [0.15, 0.2) is 24.3 Å². The van der Waals surface area contributed by atoms with Gasteiger partial charge < -0.3 is 10.4 Å². The van der Waals surface area contributed by atoms with E-state index in [4.69, 9.17) is 0 Å². The molecule has 0 bridgehead atoms. The van der Waals surface area contributed by atoms with Gasteiger partial charge in [-0.15, -0.1) is 0 Å². The summed E-state index contributed by atoms with van der Waals surface area (Å²) in [5.41, 5.74) is 2.58. The molecule has 1 atom stereocenters. The molecule has 0 saturated carbocycles. The number of rotatable bonds is 4. The maximum Gasteiger partial charge on any atom is 0.0628 e. The summed E-state index contributed by atoms with van der Waals surface area (Å²) in [7, 11) is 0. The number of aliphatic hydroxyl groups is 1. The fourth-order valence-electron chi connectivity index (χ4n) is 2.40. The van der Waals surface area contributed by atoms with E-state index < -0.39 is 0 Å². The van der Waals surface area contributed by atoms with Gasteiger partial charge in [-0.3, -0.25) is 4.90 Å². The molecule has 0 radical (unpaired) electrons. The monoisotopic (exact) mass is 234 g/mol. The number of piperazine rings is 1. The standard InChI is InChI=1S/C14H22N2O/c1-2-12-3-5-13(6-4-12)14(11-17)16-9-7-15-8-10-16/h3-6,14-15,17H,2,7-11H2,1H3. The van der Waals surface area contributed by atoms with E-state index in [0.717, 1.165) is 32.6 Å². The summed E-state index contributed by atoms with van der Waals surface area (Å²) in [6.45, 7) is 6.43. The van der Waals surface area contributed by atoms with Crippen LogP contribution in [0.5, 0.6) is 0 Å². The van der Waals surface area contributed by atoms with E-state index in [1.54, 1.807) is 0 Å². The Balaban J connectivity index is 2.10. The third kappa shape index (κ3) is 3.06. The molecule has 0 aliphatic carbocycles. The van der Waals surface area contributed by atoms with E-state index in [2.05, 4.69) is 41.4 Å².